The lowest BCUT2D eigenvalue weighted by molar-refractivity contribution is -0.228. The highest BCUT2D eigenvalue weighted by Crippen LogP contribution is 2.44. The maximum absolute atomic E-state index is 15.0. The minimum Gasteiger partial charge on any atom is -0.352 e. The van der Waals surface area contributed by atoms with Gasteiger partial charge in [-0.15, -0.1) is 0 Å². The molecule has 0 aromatic carbocycles. The van der Waals surface area contributed by atoms with Gasteiger partial charge in [-0.2, -0.15) is 0 Å². The van der Waals surface area contributed by atoms with E-state index in [1.165, 1.54) is 5.57 Å². The van der Waals surface area contributed by atoms with Crippen LogP contribution >= 0.6 is 0 Å². The Kier molecular flexibility index (Phi) is 8.99. The summed E-state index contributed by atoms with van der Waals surface area (Å²) in [7, 11) is 0. The van der Waals surface area contributed by atoms with Crippen molar-refractivity contribution in [2.75, 3.05) is 19.9 Å². The van der Waals surface area contributed by atoms with Gasteiger partial charge in [0.05, 0.1) is 19.9 Å². The molecule has 180 valence electrons. The smallest absolute Gasteiger partial charge is 0.160 e. The van der Waals surface area contributed by atoms with Gasteiger partial charge in [-0.25, -0.2) is 4.39 Å². The molecule has 0 radical (unpaired) electrons. The number of rotatable bonds is 7. The molecule has 2 nitrogen and oxygen atoms in total. The number of halogens is 2. The molecule has 0 spiro atoms. The molecule has 32 heavy (non-hydrogen) atoms. The standard InChI is InChI=1S/C28H42F2O2/c1-2-3-4-5-21-18-31-28(32-19-21)24-12-10-22(11-13-24)25-14-15-26(27(30)16-25)23-8-6-20(17-29)7-9-23/h3-4,14,16,20-24,26,28H,2,5-13,15,17-19H2,1H3/b4-3-. The minimum atomic E-state index is -0.212. The van der Waals surface area contributed by atoms with Crippen molar-refractivity contribution < 1.29 is 18.3 Å². The Labute approximate surface area is 193 Å². The molecule has 1 heterocycles. The van der Waals surface area contributed by atoms with Gasteiger partial charge in [0.15, 0.2) is 6.29 Å². The Hall–Kier alpha value is -1.00. The molecule has 4 aliphatic rings. The number of allylic oxidation sites excluding steroid dienone is 6. The van der Waals surface area contributed by atoms with Crippen LogP contribution in [0.5, 0.6) is 0 Å². The molecule has 0 N–H and O–H groups in total. The first-order valence-corrected chi connectivity index (χ1v) is 13.2. The quantitative estimate of drug-likeness (QED) is 0.371. The maximum Gasteiger partial charge on any atom is 0.160 e. The van der Waals surface area contributed by atoms with Gasteiger partial charge in [0, 0.05) is 17.8 Å². The van der Waals surface area contributed by atoms with E-state index in [0.717, 1.165) is 83.8 Å². The lowest BCUT2D eigenvalue weighted by atomic mass is 9.71. The van der Waals surface area contributed by atoms with Crippen LogP contribution in [-0.4, -0.2) is 26.2 Å². The second kappa shape index (κ2) is 11.9. The van der Waals surface area contributed by atoms with E-state index in [1.54, 1.807) is 0 Å². The zero-order chi connectivity index (χ0) is 22.3. The van der Waals surface area contributed by atoms with Crippen molar-refractivity contribution in [1.82, 2.24) is 0 Å². The Bertz CT molecular complexity index is 661. The van der Waals surface area contributed by atoms with Crippen molar-refractivity contribution in [3.63, 3.8) is 0 Å². The van der Waals surface area contributed by atoms with E-state index in [4.69, 9.17) is 9.47 Å². The molecule has 3 fully saturated rings. The summed E-state index contributed by atoms with van der Waals surface area (Å²) in [6, 6.07) is 0. The van der Waals surface area contributed by atoms with Crippen molar-refractivity contribution in [3.05, 3.63) is 35.7 Å². The fraction of sp³-hybridized carbons (Fsp3) is 0.786. The van der Waals surface area contributed by atoms with E-state index in [1.807, 2.05) is 6.08 Å². The first-order valence-electron chi connectivity index (χ1n) is 13.2. The highest BCUT2D eigenvalue weighted by atomic mass is 19.1. The fourth-order valence-corrected chi connectivity index (χ4v) is 6.29. The van der Waals surface area contributed by atoms with Gasteiger partial charge in [-0.3, -0.25) is 4.39 Å². The van der Waals surface area contributed by atoms with Crippen LogP contribution in [-0.2, 0) is 9.47 Å². The molecule has 1 aliphatic heterocycles. The topological polar surface area (TPSA) is 18.5 Å². The van der Waals surface area contributed by atoms with Gasteiger partial charge in [0.25, 0.3) is 0 Å². The molecular weight excluding hydrogens is 406 g/mol. The summed E-state index contributed by atoms with van der Waals surface area (Å²) < 4.78 is 40.1. The molecular formula is C28H42F2O2. The Morgan fingerprint density at radius 1 is 0.906 bits per heavy atom. The average Bonchev–Trinajstić information content (AvgIpc) is 2.85. The van der Waals surface area contributed by atoms with Crippen molar-refractivity contribution in [2.45, 2.75) is 83.8 Å². The van der Waals surface area contributed by atoms with Crippen LogP contribution in [0.2, 0.25) is 0 Å². The molecule has 0 bridgehead atoms. The van der Waals surface area contributed by atoms with E-state index in [2.05, 4.69) is 25.2 Å². The average molecular weight is 449 g/mol. The fourth-order valence-electron chi connectivity index (χ4n) is 6.29. The summed E-state index contributed by atoms with van der Waals surface area (Å²) in [6.07, 6.45) is 19.7. The Morgan fingerprint density at radius 3 is 2.22 bits per heavy atom. The molecule has 4 rings (SSSR count). The Morgan fingerprint density at radius 2 is 1.59 bits per heavy atom. The third kappa shape index (κ3) is 6.11. The molecule has 2 saturated carbocycles. The molecule has 4 heteroatoms. The molecule has 0 aromatic heterocycles. The van der Waals surface area contributed by atoms with E-state index in [9.17, 15) is 4.39 Å². The number of alkyl halides is 1. The van der Waals surface area contributed by atoms with Gasteiger partial charge in [-0.1, -0.05) is 25.2 Å². The normalized spacial score (nSPS) is 39.0. The second-order valence-corrected chi connectivity index (χ2v) is 10.6. The Balaban J connectivity index is 1.21. The molecule has 1 unspecified atom stereocenters. The minimum absolute atomic E-state index is 0.0276. The monoisotopic (exact) mass is 448 g/mol. The van der Waals surface area contributed by atoms with E-state index in [0.29, 0.717) is 23.7 Å². The summed E-state index contributed by atoms with van der Waals surface area (Å²) in [6.45, 7) is 3.54. The first-order chi connectivity index (χ1) is 15.7. The van der Waals surface area contributed by atoms with Crippen molar-refractivity contribution in [2.24, 2.45) is 35.5 Å². The van der Waals surface area contributed by atoms with Crippen LogP contribution in [0.3, 0.4) is 0 Å². The predicted octanol–water partition coefficient (Wildman–Crippen LogP) is 7.71. The zero-order valence-corrected chi connectivity index (χ0v) is 19.8. The summed E-state index contributed by atoms with van der Waals surface area (Å²) in [5.41, 5.74) is 1.21. The molecule has 3 aliphatic carbocycles. The number of hydrogen-bond acceptors (Lipinski definition) is 2. The number of hydrogen-bond donors (Lipinski definition) is 0. The van der Waals surface area contributed by atoms with E-state index >= 15 is 4.39 Å². The van der Waals surface area contributed by atoms with Gasteiger partial charge >= 0.3 is 0 Å². The lowest BCUT2D eigenvalue weighted by Gasteiger charge is -2.38. The second-order valence-electron chi connectivity index (χ2n) is 10.6. The van der Waals surface area contributed by atoms with Crippen LogP contribution in [0.15, 0.2) is 35.7 Å². The van der Waals surface area contributed by atoms with Gasteiger partial charge in [-0.05, 0) is 100 Å². The molecule has 1 saturated heterocycles. The summed E-state index contributed by atoms with van der Waals surface area (Å²) >= 11 is 0. The highest BCUT2D eigenvalue weighted by molar-refractivity contribution is 5.30. The molecule has 0 amide bonds. The zero-order valence-electron chi connectivity index (χ0n) is 19.8. The summed E-state index contributed by atoms with van der Waals surface area (Å²) in [5.74, 6) is 2.13. The van der Waals surface area contributed by atoms with Crippen LogP contribution < -0.4 is 0 Å². The summed E-state index contributed by atoms with van der Waals surface area (Å²) in [4.78, 5) is 0. The van der Waals surface area contributed by atoms with Crippen LogP contribution in [0.25, 0.3) is 0 Å². The van der Waals surface area contributed by atoms with Crippen molar-refractivity contribution in [1.29, 1.82) is 0 Å². The molecule has 1 atom stereocenters. The SMILES string of the molecule is CC/C=C\CC1COC(C2CCC(C3=CCC(C4CCC(CF)CC4)C(F)=C3)CC2)OC1. The van der Waals surface area contributed by atoms with Gasteiger partial charge in [0.2, 0.25) is 0 Å². The van der Waals surface area contributed by atoms with Crippen LogP contribution in [0.4, 0.5) is 8.78 Å². The number of ether oxygens (including phenoxy) is 2. The van der Waals surface area contributed by atoms with E-state index in [-0.39, 0.29) is 30.6 Å². The first kappa shape index (κ1) is 24.1. The van der Waals surface area contributed by atoms with Crippen LogP contribution in [0, 0.1) is 35.5 Å². The largest absolute Gasteiger partial charge is 0.352 e. The predicted molar refractivity (Wildman–Crippen MR) is 125 cm³/mol. The van der Waals surface area contributed by atoms with Crippen molar-refractivity contribution in [3.8, 4) is 0 Å². The van der Waals surface area contributed by atoms with Crippen molar-refractivity contribution >= 4 is 0 Å². The lowest BCUT2D eigenvalue weighted by Crippen LogP contribution is -2.38. The third-order valence-corrected chi connectivity index (χ3v) is 8.44. The maximum atomic E-state index is 15.0. The van der Waals surface area contributed by atoms with Gasteiger partial charge < -0.3 is 9.47 Å². The van der Waals surface area contributed by atoms with Crippen LogP contribution in [0.1, 0.15) is 77.6 Å². The molecule has 0 aromatic rings. The van der Waals surface area contributed by atoms with Gasteiger partial charge in [0.1, 0.15) is 5.83 Å². The third-order valence-electron chi connectivity index (χ3n) is 8.44. The highest BCUT2D eigenvalue weighted by Gasteiger charge is 2.35. The van der Waals surface area contributed by atoms with E-state index < -0.39 is 0 Å². The summed E-state index contributed by atoms with van der Waals surface area (Å²) in [5, 5.41) is 0.